The lowest BCUT2D eigenvalue weighted by molar-refractivity contribution is -0.0644. The van der Waals surface area contributed by atoms with Crippen LogP contribution in [-0.4, -0.2) is 46.9 Å². The maximum absolute atomic E-state index is 5.84. The number of nitrogens with zero attached hydrogens (tertiary/aromatic N) is 3. The largest absolute Gasteiger partial charge is 0.375 e. The van der Waals surface area contributed by atoms with Crippen molar-refractivity contribution < 1.29 is 4.74 Å². The Balaban J connectivity index is 1.29. The fourth-order valence-electron chi connectivity index (χ4n) is 4.26. The zero-order valence-corrected chi connectivity index (χ0v) is 15.9. The lowest BCUT2D eigenvalue weighted by Gasteiger charge is -2.40. The molecular weight excluding hydrogens is 324 g/mol. The number of hydrogen-bond donors (Lipinski definition) is 1. The van der Waals surface area contributed by atoms with Gasteiger partial charge in [-0.15, -0.1) is 0 Å². The molecule has 140 valence electrons. The lowest BCUT2D eigenvalue weighted by Crippen LogP contribution is -2.50. The lowest BCUT2D eigenvalue weighted by atomic mass is 9.92. The van der Waals surface area contributed by atoms with Gasteiger partial charge in [0.05, 0.1) is 11.9 Å². The molecule has 0 bridgehead atoms. The molecule has 26 heavy (non-hydrogen) atoms. The van der Waals surface area contributed by atoms with E-state index in [4.69, 9.17) is 4.74 Å². The van der Waals surface area contributed by atoms with Gasteiger partial charge in [-0.25, -0.2) is 4.98 Å². The number of anilines is 1. The third-order valence-corrected chi connectivity index (χ3v) is 5.68. The van der Waals surface area contributed by atoms with Crippen LogP contribution in [0.4, 0.5) is 5.69 Å². The molecule has 0 spiro atoms. The van der Waals surface area contributed by atoms with E-state index in [0.717, 1.165) is 38.2 Å². The van der Waals surface area contributed by atoms with Gasteiger partial charge in [-0.1, -0.05) is 0 Å². The van der Waals surface area contributed by atoms with Crippen LogP contribution in [-0.2, 0) is 4.74 Å². The second kappa shape index (κ2) is 7.41. The smallest absolute Gasteiger partial charge is 0.0991 e. The highest BCUT2D eigenvalue weighted by molar-refractivity contribution is 5.51. The highest BCUT2D eigenvalue weighted by Crippen LogP contribution is 2.26. The van der Waals surface area contributed by atoms with Gasteiger partial charge >= 0.3 is 0 Å². The number of hydrogen-bond acceptors (Lipinski definition) is 4. The van der Waals surface area contributed by atoms with E-state index in [0.29, 0.717) is 12.1 Å². The third-order valence-electron chi connectivity index (χ3n) is 5.68. The SMILES string of the molecule is CC1(C)C[C@H](NC2CCN(c3ccc(-n4ccnc4)cc3)CC2)CCO1. The first-order valence-corrected chi connectivity index (χ1v) is 9.82. The van der Waals surface area contributed by atoms with Crippen molar-refractivity contribution in [3.63, 3.8) is 0 Å². The predicted octanol–water partition coefficient (Wildman–Crippen LogP) is 3.39. The average molecular weight is 354 g/mol. The van der Waals surface area contributed by atoms with Crippen LogP contribution in [0, 0.1) is 0 Å². The van der Waals surface area contributed by atoms with Crippen LogP contribution in [0.3, 0.4) is 0 Å². The van der Waals surface area contributed by atoms with Crippen molar-refractivity contribution in [1.82, 2.24) is 14.9 Å². The summed E-state index contributed by atoms with van der Waals surface area (Å²) in [4.78, 5) is 6.62. The van der Waals surface area contributed by atoms with Gasteiger partial charge < -0.3 is 19.5 Å². The van der Waals surface area contributed by atoms with Crippen LogP contribution in [0.2, 0.25) is 0 Å². The summed E-state index contributed by atoms with van der Waals surface area (Å²) in [5.74, 6) is 0. The Kier molecular flexibility index (Phi) is 5.00. The first-order valence-electron chi connectivity index (χ1n) is 9.82. The zero-order valence-electron chi connectivity index (χ0n) is 15.9. The molecule has 0 unspecified atom stereocenters. The topological polar surface area (TPSA) is 42.3 Å². The molecule has 5 nitrogen and oxygen atoms in total. The number of ether oxygens (including phenoxy) is 1. The van der Waals surface area contributed by atoms with Crippen LogP contribution in [0.1, 0.15) is 39.5 Å². The van der Waals surface area contributed by atoms with Gasteiger partial charge in [0.2, 0.25) is 0 Å². The van der Waals surface area contributed by atoms with Crippen molar-refractivity contribution in [3.05, 3.63) is 43.0 Å². The predicted molar refractivity (Wildman–Crippen MR) is 105 cm³/mol. The molecule has 0 aliphatic carbocycles. The fraction of sp³-hybridized carbons (Fsp3) is 0.571. The first-order chi connectivity index (χ1) is 12.6. The Hall–Kier alpha value is -1.85. The van der Waals surface area contributed by atoms with Gasteiger partial charge in [0.25, 0.3) is 0 Å². The minimum atomic E-state index is 0.0214. The minimum Gasteiger partial charge on any atom is -0.375 e. The Morgan fingerprint density at radius 1 is 1.04 bits per heavy atom. The summed E-state index contributed by atoms with van der Waals surface area (Å²) >= 11 is 0. The van der Waals surface area contributed by atoms with Crippen LogP contribution in [0.25, 0.3) is 5.69 Å². The van der Waals surface area contributed by atoms with Crippen molar-refractivity contribution in [3.8, 4) is 5.69 Å². The fourth-order valence-corrected chi connectivity index (χ4v) is 4.26. The van der Waals surface area contributed by atoms with Crippen molar-refractivity contribution in [2.24, 2.45) is 0 Å². The van der Waals surface area contributed by atoms with E-state index >= 15 is 0 Å². The van der Waals surface area contributed by atoms with Crippen molar-refractivity contribution in [2.75, 3.05) is 24.6 Å². The number of piperidine rings is 1. The third kappa shape index (κ3) is 4.10. The van der Waals surface area contributed by atoms with E-state index in [1.807, 2.05) is 23.3 Å². The molecular formula is C21H30N4O. The number of nitrogens with one attached hydrogen (secondary N) is 1. The van der Waals surface area contributed by atoms with E-state index in [1.165, 1.54) is 18.5 Å². The number of rotatable bonds is 4. The van der Waals surface area contributed by atoms with E-state index in [-0.39, 0.29) is 5.60 Å². The maximum Gasteiger partial charge on any atom is 0.0991 e. The van der Waals surface area contributed by atoms with Gasteiger partial charge in [0, 0.05) is 55.5 Å². The monoisotopic (exact) mass is 354 g/mol. The molecule has 2 aromatic rings. The Bertz CT molecular complexity index is 687. The maximum atomic E-state index is 5.84. The Labute approximate surface area is 156 Å². The van der Waals surface area contributed by atoms with E-state index < -0.39 is 0 Å². The summed E-state index contributed by atoms with van der Waals surface area (Å²) in [6.07, 6.45) is 10.3. The summed E-state index contributed by atoms with van der Waals surface area (Å²) in [5.41, 5.74) is 2.50. The van der Waals surface area contributed by atoms with Crippen molar-refractivity contribution in [2.45, 2.75) is 57.2 Å². The zero-order chi connectivity index (χ0) is 18.0. The summed E-state index contributed by atoms with van der Waals surface area (Å²) in [6.45, 7) is 7.53. The van der Waals surface area contributed by atoms with Crippen LogP contribution < -0.4 is 10.2 Å². The molecule has 2 aliphatic rings. The highest BCUT2D eigenvalue weighted by Gasteiger charge is 2.30. The van der Waals surface area contributed by atoms with E-state index in [9.17, 15) is 0 Å². The summed E-state index contributed by atoms with van der Waals surface area (Å²) in [7, 11) is 0. The molecule has 1 N–H and O–H groups in total. The number of aromatic nitrogens is 2. The van der Waals surface area contributed by atoms with E-state index in [1.54, 1.807) is 0 Å². The highest BCUT2D eigenvalue weighted by atomic mass is 16.5. The Morgan fingerprint density at radius 2 is 1.77 bits per heavy atom. The molecule has 1 aromatic heterocycles. The van der Waals surface area contributed by atoms with E-state index in [2.05, 4.69) is 53.3 Å². The number of imidazole rings is 1. The summed E-state index contributed by atoms with van der Waals surface area (Å²) in [5, 5.41) is 3.90. The average Bonchev–Trinajstić information content (AvgIpc) is 3.16. The minimum absolute atomic E-state index is 0.0214. The second-order valence-electron chi connectivity index (χ2n) is 8.21. The van der Waals surface area contributed by atoms with Crippen LogP contribution >= 0.6 is 0 Å². The van der Waals surface area contributed by atoms with Crippen LogP contribution in [0.15, 0.2) is 43.0 Å². The van der Waals surface area contributed by atoms with Crippen molar-refractivity contribution >= 4 is 5.69 Å². The molecule has 0 radical (unpaired) electrons. The molecule has 2 saturated heterocycles. The summed E-state index contributed by atoms with van der Waals surface area (Å²) in [6, 6.07) is 10.0. The first kappa shape index (κ1) is 17.6. The molecule has 3 heterocycles. The summed E-state index contributed by atoms with van der Waals surface area (Å²) < 4.78 is 7.88. The quantitative estimate of drug-likeness (QED) is 0.914. The van der Waals surface area contributed by atoms with Gasteiger partial charge in [0.15, 0.2) is 0 Å². The molecule has 5 heteroatoms. The molecule has 2 fully saturated rings. The standard InChI is InChI=1S/C21H30N4O/c1-21(2)15-18(9-14-26-21)23-17-7-11-24(12-8-17)19-3-5-20(6-4-19)25-13-10-22-16-25/h3-6,10,13,16-18,23H,7-9,11-12,14-15H2,1-2H3/t18-/m1/s1. The van der Waals surface area contributed by atoms with Crippen LogP contribution in [0.5, 0.6) is 0 Å². The van der Waals surface area contributed by atoms with Gasteiger partial charge in [0.1, 0.15) is 0 Å². The van der Waals surface area contributed by atoms with Crippen molar-refractivity contribution in [1.29, 1.82) is 0 Å². The molecule has 0 amide bonds. The molecule has 4 rings (SSSR count). The van der Waals surface area contributed by atoms with Gasteiger partial charge in [-0.3, -0.25) is 0 Å². The molecule has 0 saturated carbocycles. The van der Waals surface area contributed by atoms with Gasteiger partial charge in [-0.05, 0) is 63.8 Å². The normalized spacial score (nSPS) is 23.9. The molecule has 1 aromatic carbocycles. The molecule has 2 aliphatic heterocycles. The molecule has 1 atom stereocenters. The number of benzene rings is 1. The van der Waals surface area contributed by atoms with Gasteiger partial charge in [-0.2, -0.15) is 0 Å². The Morgan fingerprint density at radius 3 is 2.42 bits per heavy atom. The second-order valence-corrected chi connectivity index (χ2v) is 8.21.